The van der Waals surface area contributed by atoms with Crippen molar-refractivity contribution >= 4 is 23.2 Å². The minimum atomic E-state index is 0.231. The molecule has 0 aliphatic rings. The van der Waals surface area contributed by atoms with Crippen molar-refractivity contribution in [2.75, 3.05) is 13.7 Å². The van der Waals surface area contributed by atoms with Crippen LogP contribution in [0.1, 0.15) is 32.3 Å². The van der Waals surface area contributed by atoms with Crippen LogP contribution in [0.2, 0.25) is 10.0 Å². The fraction of sp³-hybridized carbons (Fsp3) is 0.600. The Labute approximate surface area is 126 Å². The van der Waals surface area contributed by atoms with Crippen molar-refractivity contribution in [1.29, 1.82) is 0 Å². The van der Waals surface area contributed by atoms with Crippen LogP contribution in [0.3, 0.4) is 0 Å². The molecule has 0 heterocycles. The summed E-state index contributed by atoms with van der Waals surface area (Å²) in [5.74, 6) is 0. The third-order valence-corrected chi connectivity index (χ3v) is 3.95. The molecule has 1 N–H and O–H groups in total. The summed E-state index contributed by atoms with van der Waals surface area (Å²) in [7, 11) is 1.98. The fourth-order valence-electron chi connectivity index (χ4n) is 2.24. The number of halogens is 2. The van der Waals surface area contributed by atoms with Crippen LogP contribution in [0, 0.1) is 0 Å². The van der Waals surface area contributed by atoms with E-state index in [1.165, 1.54) is 5.56 Å². The molecule has 0 fully saturated rings. The maximum absolute atomic E-state index is 6.06. The van der Waals surface area contributed by atoms with Crippen LogP contribution in [0.15, 0.2) is 18.2 Å². The molecule has 1 rings (SSSR count). The normalized spacial score (nSPS) is 14.4. The van der Waals surface area contributed by atoms with Crippen LogP contribution in [-0.2, 0) is 11.2 Å². The number of nitrogens with one attached hydrogen (secondary N) is 1. The lowest BCUT2D eigenvalue weighted by molar-refractivity contribution is 0.0301. The predicted molar refractivity (Wildman–Crippen MR) is 83.3 cm³/mol. The van der Waals surface area contributed by atoms with Gasteiger partial charge in [0, 0.05) is 12.6 Å². The summed E-state index contributed by atoms with van der Waals surface area (Å²) in [6.45, 7) is 4.96. The molecule has 2 unspecified atom stereocenters. The number of hydrogen-bond donors (Lipinski definition) is 1. The second-order valence-corrected chi connectivity index (χ2v) is 5.44. The Balaban J connectivity index is 2.75. The summed E-state index contributed by atoms with van der Waals surface area (Å²) < 4.78 is 5.84. The van der Waals surface area contributed by atoms with E-state index in [2.05, 4.69) is 12.2 Å². The van der Waals surface area contributed by atoms with Crippen LogP contribution in [0.5, 0.6) is 0 Å². The highest BCUT2D eigenvalue weighted by atomic mass is 35.5. The number of likely N-dealkylation sites (N-methyl/N-ethyl adjacent to an activating group) is 1. The molecule has 19 heavy (non-hydrogen) atoms. The smallest absolute Gasteiger partial charge is 0.0730 e. The van der Waals surface area contributed by atoms with E-state index in [4.69, 9.17) is 27.9 Å². The summed E-state index contributed by atoms with van der Waals surface area (Å²) in [5, 5.41) is 4.56. The minimum Gasteiger partial charge on any atom is -0.377 e. The van der Waals surface area contributed by atoms with E-state index >= 15 is 0 Å². The number of benzene rings is 1. The molecule has 2 atom stereocenters. The molecule has 0 spiro atoms. The van der Waals surface area contributed by atoms with Gasteiger partial charge in [0.05, 0.1) is 16.1 Å². The van der Waals surface area contributed by atoms with E-state index in [0.717, 1.165) is 25.9 Å². The zero-order chi connectivity index (χ0) is 14.3. The fourth-order valence-corrected chi connectivity index (χ4v) is 2.56. The Hall–Kier alpha value is -0.280. The predicted octanol–water partition coefficient (Wildman–Crippen LogP) is 4.33. The maximum Gasteiger partial charge on any atom is 0.0730 e. The summed E-state index contributed by atoms with van der Waals surface area (Å²) in [5.41, 5.74) is 1.18. The van der Waals surface area contributed by atoms with Gasteiger partial charge < -0.3 is 10.1 Å². The van der Waals surface area contributed by atoms with Crippen molar-refractivity contribution in [1.82, 2.24) is 5.32 Å². The van der Waals surface area contributed by atoms with E-state index in [-0.39, 0.29) is 12.1 Å². The SMILES string of the molecule is CCCC(OCC)C(Cc1ccc(Cl)c(Cl)c1)NC. The first-order chi connectivity index (χ1) is 9.12. The van der Waals surface area contributed by atoms with E-state index in [9.17, 15) is 0 Å². The summed E-state index contributed by atoms with van der Waals surface area (Å²) >= 11 is 12.0. The Bertz CT molecular complexity index is 378. The van der Waals surface area contributed by atoms with Gasteiger partial charge in [-0.2, -0.15) is 0 Å². The van der Waals surface area contributed by atoms with Crippen LogP contribution in [0.25, 0.3) is 0 Å². The van der Waals surface area contributed by atoms with Crippen LogP contribution in [-0.4, -0.2) is 25.8 Å². The first-order valence-electron chi connectivity index (χ1n) is 6.85. The molecule has 0 radical (unpaired) electrons. The van der Waals surface area contributed by atoms with Crippen molar-refractivity contribution in [3.63, 3.8) is 0 Å². The Morgan fingerprint density at radius 2 is 1.95 bits per heavy atom. The molecule has 0 bridgehead atoms. The van der Waals surface area contributed by atoms with Gasteiger partial charge >= 0.3 is 0 Å². The quantitative estimate of drug-likeness (QED) is 0.772. The monoisotopic (exact) mass is 303 g/mol. The second-order valence-electron chi connectivity index (χ2n) is 4.63. The molecule has 0 saturated heterocycles. The van der Waals surface area contributed by atoms with E-state index in [1.807, 2.05) is 32.2 Å². The van der Waals surface area contributed by atoms with Gasteiger partial charge in [-0.1, -0.05) is 42.6 Å². The average Bonchev–Trinajstić information content (AvgIpc) is 2.40. The van der Waals surface area contributed by atoms with Crippen molar-refractivity contribution in [2.24, 2.45) is 0 Å². The summed E-state index contributed by atoms with van der Waals surface area (Å²) in [4.78, 5) is 0. The Kier molecular flexibility index (Phi) is 7.77. The molecular weight excluding hydrogens is 281 g/mol. The lowest BCUT2D eigenvalue weighted by Gasteiger charge is -2.26. The molecule has 0 saturated carbocycles. The van der Waals surface area contributed by atoms with Crippen molar-refractivity contribution in [3.8, 4) is 0 Å². The van der Waals surface area contributed by atoms with Gasteiger partial charge in [-0.3, -0.25) is 0 Å². The maximum atomic E-state index is 6.06. The van der Waals surface area contributed by atoms with Gasteiger partial charge in [0.15, 0.2) is 0 Å². The number of hydrogen-bond acceptors (Lipinski definition) is 2. The van der Waals surface area contributed by atoms with E-state index < -0.39 is 0 Å². The lowest BCUT2D eigenvalue weighted by atomic mass is 9.98. The van der Waals surface area contributed by atoms with Crippen molar-refractivity contribution in [3.05, 3.63) is 33.8 Å². The number of rotatable bonds is 8. The highest BCUT2D eigenvalue weighted by Crippen LogP contribution is 2.24. The zero-order valence-corrected chi connectivity index (χ0v) is 13.4. The molecule has 0 amide bonds. The van der Waals surface area contributed by atoms with Gasteiger partial charge in [0.1, 0.15) is 0 Å². The largest absolute Gasteiger partial charge is 0.377 e. The molecular formula is C15H23Cl2NO. The molecule has 108 valence electrons. The van der Waals surface area contributed by atoms with Gasteiger partial charge in [0.25, 0.3) is 0 Å². The Morgan fingerprint density at radius 1 is 1.21 bits per heavy atom. The molecule has 0 aliphatic heterocycles. The topological polar surface area (TPSA) is 21.3 Å². The molecule has 2 nitrogen and oxygen atoms in total. The minimum absolute atomic E-state index is 0.231. The highest BCUT2D eigenvalue weighted by molar-refractivity contribution is 6.42. The zero-order valence-electron chi connectivity index (χ0n) is 11.9. The molecule has 1 aromatic rings. The number of ether oxygens (including phenoxy) is 1. The van der Waals surface area contributed by atoms with E-state index in [1.54, 1.807) is 0 Å². The molecule has 0 aliphatic carbocycles. The van der Waals surface area contributed by atoms with Crippen molar-refractivity contribution in [2.45, 2.75) is 45.3 Å². The summed E-state index contributed by atoms with van der Waals surface area (Å²) in [6, 6.07) is 6.09. The van der Waals surface area contributed by atoms with Gasteiger partial charge in [-0.15, -0.1) is 0 Å². The van der Waals surface area contributed by atoms with E-state index in [0.29, 0.717) is 10.0 Å². The van der Waals surface area contributed by atoms with Gasteiger partial charge in [-0.05, 0) is 44.5 Å². The molecule has 4 heteroatoms. The lowest BCUT2D eigenvalue weighted by Crippen LogP contribution is -2.41. The molecule has 1 aromatic carbocycles. The molecule has 0 aromatic heterocycles. The third-order valence-electron chi connectivity index (χ3n) is 3.21. The summed E-state index contributed by atoms with van der Waals surface area (Å²) in [6.07, 6.45) is 3.29. The van der Waals surface area contributed by atoms with Crippen LogP contribution in [0.4, 0.5) is 0 Å². The second kappa shape index (κ2) is 8.80. The third kappa shape index (κ3) is 5.31. The van der Waals surface area contributed by atoms with Crippen LogP contribution < -0.4 is 5.32 Å². The van der Waals surface area contributed by atoms with Gasteiger partial charge in [-0.25, -0.2) is 0 Å². The first kappa shape index (κ1) is 16.8. The van der Waals surface area contributed by atoms with Gasteiger partial charge in [0.2, 0.25) is 0 Å². The van der Waals surface area contributed by atoms with Crippen LogP contribution >= 0.6 is 23.2 Å². The first-order valence-corrected chi connectivity index (χ1v) is 7.60. The highest BCUT2D eigenvalue weighted by Gasteiger charge is 2.20. The standard InChI is InChI=1S/C15H23Cl2NO/c1-4-6-15(19-5-2)14(18-3)10-11-7-8-12(16)13(17)9-11/h7-9,14-15,18H,4-6,10H2,1-3H3. The average molecular weight is 304 g/mol. The Morgan fingerprint density at radius 3 is 2.47 bits per heavy atom. The van der Waals surface area contributed by atoms with Crippen molar-refractivity contribution < 1.29 is 4.74 Å².